The second-order valence-corrected chi connectivity index (χ2v) is 10.1. The number of ether oxygens (including phenoxy) is 2. The topological polar surface area (TPSA) is 117 Å². The smallest absolute Gasteiger partial charge is 0.433 e. The lowest BCUT2D eigenvalue weighted by molar-refractivity contribution is -0.143. The average molecular weight is 570 g/mol. The van der Waals surface area contributed by atoms with Gasteiger partial charge in [-0.15, -0.1) is 0 Å². The van der Waals surface area contributed by atoms with Crippen LogP contribution in [0.2, 0.25) is 0 Å². The fourth-order valence-corrected chi connectivity index (χ4v) is 4.44. The number of oxime groups is 1. The highest BCUT2D eigenvalue weighted by molar-refractivity contribution is 7.91. The summed E-state index contributed by atoms with van der Waals surface area (Å²) in [5.74, 6) is -1.55. The van der Waals surface area contributed by atoms with Gasteiger partial charge in [-0.3, -0.25) is 0 Å². The first-order chi connectivity index (χ1) is 18.3. The standard InChI is InChI=1S/C25H23F4N3O6S/c1-15(16-6-9-18(26)10-7-16)32-38-23(33)5-4-12-39(34,35)24-30-19(14-22(31-24)25(27,28)29)17-8-11-20(36-2)21(13-17)37-3/h6-11,13-14H,4-5,12H2,1-3H3/b32-15+. The summed E-state index contributed by atoms with van der Waals surface area (Å²) in [5, 5.41) is 2.59. The number of rotatable bonds is 10. The molecule has 0 aliphatic carbocycles. The van der Waals surface area contributed by atoms with Crippen molar-refractivity contribution in [1.29, 1.82) is 0 Å². The van der Waals surface area contributed by atoms with E-state index >= 15 is 0 Å². The molecular weight excluding hydrogens is 546 g/mol. The summed E-state index contributed by atoms with van der Waals surface area (Å²) in [6.45, 7) is 1.52. The maximum absolute atomic E-state index is 13.5. The summed E-state index contributed by atoms with van der Waals surface area (Å²) in [7, 11) is -1.72. The molecule has 0 N–H and O–H groups in total. The van der Waals surface area contributed by atoms with Crippen molar-refractivity contribution >= 4 is 21.5 Å². The van der Waals surface area contributed by atoms with E-state index in [1.54, 1.807) is 0 Å². The minimum atomic E-state index is -4.96. The second-order valence-electron chi connectivity index (χ2n) is 8.06. The minimum absolute atomic E-state index is 0.134. The zero-order valence-corrected chi connectivity index (χ0v) is 21.8. The first-order valence-electron chi connectivity index (χ1n) is 11.3. The van der Waals surface area contributed by atoms with E-state index < -0.39 is 50.8 Å². The molecule has 0 unspecified atom stereocenters. The number of aromatic nitrogens is 2. The molecular formula is C25H23F4N3O6S. The van der Waals surface area contributed by atoms with Crippen LogP contribution in [0.4, 0.5) is 17.6 Å². The molecule has 0 amide bonds. The molecule has 0 fully saturated rings. The summed E-state index contributed by atoms with van der Waals surface area (Å²) >= 11 is 0. The van der Waals surface area contributed by atoms with Gasteiger partial charge in [0.2, 0.25) is 15.0 Å². The summed E-state index contributed by atoms with van der Waals surface area (Å²) in [4.78, 5) is 23.8. The molecule has 3 aromatic rings. The number of nitrogens with zero attached hydrogens (tertiary/aromatic N) is 3. The van der Waals surface area contributed by atoms with Crippen molar-refractivity contribution in [2.75, 3.05) is 20.0 Å². The molecule has 0 saturated carbocycles. The number of alkyl halides is 3. The summed E-state index contributed by atoms with van der Waals surface area (Å²) in [6.07, 6.45) is -5.65. The minimum Gasteiger partial charge on any atom is -0.493 e. The molecule has 9 nitrogen and oxygen atoms in total. The molecule has 2 aromatic carbocycles. The zero-order valence-electron chi connectivity index (χ0n) is 21.0. The zero-order chi connectivity index (χ0) is 28.8. The van der Waals surface area contributed by atoms with E-state index in [1.165, 1.54) is 63.6 Å². The van der Waals surface area contributed by atoms with E-state index in [0.29, 0.717) is 17.4 Å². The monoisotopic (exact) mass is 569 g/mol. The Morgan fingerprint density at radius 3 is 2.26 bits per heavy atom. The first kappa shape index (κ1) is 29.5. The Labute approximate surface area is 221 Å². The first-order valence-corrected chi connectivity index (χ1v) is 12.9. The Hall–Kier alpha value is -4.07. The van der Waals surface area contributed by atoms with E-state index in [1.807, 2.05) is 0 Å². The van der Waals surface area contributed by atoms with Gasteiger partial charge in [0.15, 0.2) is 11.5 Å². The number of carbonyl (C=O) groups is 1. The molecule has 1 aromatic heterocycles. The Balaban J connectivity index is 1.76. The van der Waals surface area contributed by atoms with Gasteiger partial charge >= 0.3 is 12.1 Å². The molecule has 0 bridgehead atoms. The van der Waals surface area contributed by atoms with Crippen LogP contribution < -0.4 is 9.47 Å². The van der Waals surface area contributed by atoms with Crippen LogP contribution in [0.15, 0.2) is 58.8 Å². The summed E-state index contributed by atoms with van der Waals surface area (Å²) in [6, 6.07) is 10.1. The van der Waals surface area contributed by atoms with E-state index in [-0.39, 0.29) is 29.1 Å². The van der Waals surface area contributed by atoms with Gasteiger partial charge in [-0.2, -0.15) is 13.2 Å². The Morgan fingerprint density at radius 1 is 0.974 bits per heavy atom. The fourth-order valence-electron chi connectivity index (χ4n) is 3.26. The van der Waals surface area contributed by atoms with Crippen LogP contribution in [0, 0.1) is 5.82 Å². The van der Waals surface area contributed by atoms with Crippen molar-refractivity contribution < 1.29 is 45.1 Å². The predicted molar refractivity (Wildman–Crippen MR) is 132 cm³/mol. The number of methoxy groups -OCH3 is 2. The molecule has 14 heteroatoms. The van der Waals surface area contributed by atoms with Crippen molar-refractivity contribution in [2.45, 2.75) is 31.1 Å². The lowest BCUT2D eigenvalue weighted by Gasteiger charge is -2.13. The van der Waals surface area contributed by atoms with E-state index in [4.69, 9.17) is 14.3 Å². The lowest BCUT2D eigenvalue weighted by atomic mass is 10.1. The molecule has 0 aliphatic rings. The van der Waals surface area contributed by atoms with Gasteiger partial charge in [-0.1, -0.05) is 17.3 Å². The maximum Gasteiger partial charge on any atom is 0.433 e. The number of hydrogen-bond acceptors (Lipinski definition) is 9. The third-order valence-corrected chi connectivity index (χ3v) is 6.86. The number of benzene rings is 2. The van der Waals surface area contributed by atoms with Gasteiger partial charge in [-0.05, 0) is 55.3 Å². The second kappa shape index (κ2) is 12.2. The van der Waals surface area contributed by atoms with Crippen LogP contribution >= 0.6 is 0 Å². The molecule has 0 spiro atoms. The molecule has 1 heterocycles. The van der Waals surface area contributed by atoms with Gasteiger partial charge in [0.05, 0.1) is 31.4 Å². The van der Waals surface area contributed by atoms with Gasteiger partial charge in [0.1, 0.15) is 11.5 Å². The van der Waals surface area contributed by atoms with Crippen molar-refractivity contribution in [3.05, 3.63) is 65.6 Å². The summed E-state index contributed by atoms with van der Waals surface area (Å²) in [5.41, 5.74) is -0.850. The molecule has 208 valence electrons. The van der Waals surface area contributed by atoms with Gasteiger partial charge in [0, 0.05) is 12.0 Å². The van der Waals surface area contributed by atoms with E-state index in [0.717, 1.165) is 0 Å². The molecule has 0 saturated heterocycles. The SMILES string of the molecule is COc1ccc(-c2cc(C(F)(F)F)nc(S(=O)(=O)CCCC(=O)O/N=C(\C)c3ccc(F)cc3)n2)cc1OC. The van der Waals surface area contributed by atoms with Crippen LogP contribution in [-0.4, -0.2) is 50.0 Å². The molecule has 0 radical (unpaired) electrons. The largest absolute Gasteiger partial charge is 0.493 e. The Bertz CT molecular complexity index is 1480. The van der Waals surface area contributed by atoms with E-state index in [9.17, 15) is 30.8 Å². The highest BCUT2D eigenvalue weighted by atomic mass is 32.2. The Morgan fingerprint density at radius 2 is 1.64 bits per heavy atom. The van der Waals surface area contributed by atoms with Crippen molar-refractivity contribution in [2.24, 2.45) is 5.16 Å². The highest BCUT2D eigenvalue weighted by Gasteiger charge is 2.35. The van der Waals surface area contributed by atoms with Crippen LogP contribution in [0.3, 0.4) is 0 Å². The van der Waals surface area contributed by atoms with Crippen molar-refractivity contribution in [3.8, 4) is 22.8 Å². The van der Waals surface area contributed by atoms with Crippen LogP contribution in [0.25, 0.3) is 11.3 Å². The number of sulfone groups is 1. The number of carbonyl (C=O) groups excluding carboxylic acids is 1. The number of halogens is 4. The lowest BCUT2D eigenvalue weighted by Crippen LogP contribution is -2.17. The Kier molecular flexibility index (Phi) is 9.22. The molecule has 3 rings (SSSR count). The third kappa shape index (κ3) is 7.72. The quantitative estimate of drug-likeness (QED) is 0.112. The predicted octanol–water partition coefficient (Wildman–Crippen LogP) is 4.84. The third-order valence-electron chi connectivity index (χ3n) is 5.29. The van der Waals surface area contributed by atoms with E-state index in [2.05, 4.69) is 15.1 Å². The van der Waals surface area contributed by atoms with Gasteiger partial charge in [0.25, 0.3) is 0 Å². The van der Waals surface area contributed by atoms with Crippen LogP contribution in [0.1, 0.15) is 31.0 Å². The van der Waals surface area contributed by atoms with Gasteiger partial charge < -0.3 is 14.3 Å². The normalized spacial score (nSPS) is 12.2. The van der Waals surface area contributed by atoms with Crippen LogP contribution in [-0.2, 0) is 25.6 Å². The van der Waals surface area contributed by atoms with Crippen molar-refractivity contribution in [3.63, 3.8) is 0 Å². The molecule has 0 atom stereocenters. The fraction of sp³-hybridized carbons (Fsp3) is 0.280. The summed E-state index contributed by atoms with van der Waals surface area (Å²) < 4.78 is 89.6. The molecule has 39 heavy (non-hydrogen) atoms. The highest BCUT2D eigenvalue weighted by Crippen LogP contribution is 2.35. The van der Waals surface area contributed by atoms with Crippen LogP contribution in [0.5, 0.6) is 11.5 Å². The maximum atomic E-state index is 13.5. The van der Waals surface area contributed by atoms with Crippen molar-refractivity contribution in [1.82, 2.24) is 9.97 Å². The average Bonchev–Trinajstić information content (AvgIpc) is 2.90. The molecule has 0 aliphatic heterocycles. The number of hydrogen-bond donors (Lipinski definition) is 0. The van der Waals surface area contributed by atoms with Gasteiger partial charge in [-0.25, -0.2) is 27.6 Å².